The first-order valence-electron chi connectivity index (χ1n) is 9.98. The third-order valence-electron chi connectivity index (χ3n) is 5.53. The van der Waals surface area contributed by atoms with Gasteiger partial charge in [0.15, 0.2) is 0 Å². The zero-order valence-electron chi connectivity index (χ0n) is 16.5. The van der Waals surface area contributed by atoms with E-state index in [1.807, 2.05) is 17.6 Å². The van der Waals surface area contributed by atoms with Crippen LogP contribution in [-0.2, 0) is 0 Å². The number of amides is 1. The number of likely N-dealkylation sites (tertiary alicyclic amines) is 1. The molecule has 1 saturated carbocycles. The Morgan fingerprint density at radius 1 is 1.17 bits per heavy atom. The van der Waals surface area contributed by atoms with E-state index in [0.717, 1.165) is 24.1 Å². The molecule has 2 aromatic heterocycles. The Morgan fingerprint density at radius 3 is 2.57 bits per heavy atom. The van der Waals surface area contributed by atoms with Crippen molar-refractivity contribution in [2.75, 3.05) is 13.1 Å². The van der Waals surface area contributed by atoms with Gasteiger partial charge in [0, 0.05) is 23.4 Å². The molecule has 1 saturated heterocycles. The number of H-pyrrole nitrogens is 1. The van der Waals surface area contributed by atoms with Crippen LogP contribution in [0.15, 0.2) is 47.3 Å². The van der Waals surface area contributed by atoms with Crippen molar-refractivity contribution < 1.29 is 13.9 Å². The quantitative estimate of drug-likeness (QED) is 0.704. The lowest BCUT2D eigenvalue weighted by Gasteiger charge is -2.38. The largest absolute Gasteiger partial charge is 0.486 e. The second kappa shape index (κ2) is 7.12. The predicted octanol–water partition coefficient (Wildman–Crippen LogP) is 2.92. The highest BCUT2D eigenvalue weighted by Gasteiger charge is 2.34. The Morgan fingerprint density at radius 2 is 1.90 bits per heavy atom. The van der Waals surface area contributed by atoms with Gasteiger partial charge in [-0.05, 0) is 56.2 Å². The number of carbonyl (C=O) groups excluding carboxylic acids is 1. The van der Waals surface area contributed by atoms with Crippen molar-refractivity contribution in [1.29, 1.82) is 0 Å². The molecule has 0 bridgehead atoms. The van der Waals surface area contributed by atoms with Gasteiger partial charge in [-0.15, -0.1) is 0 Å². The molecule has 1 aliphatic carbocycles. The van der Waals surface area contributed by atoms with Gasteiger partial charge in [0.05, 0.1) is 18.8 Å². The van der Waals surface area contributed by atoms with E-state index in [4.69, 9.17) is 4.74 Å². The van der Waals surface area contributed by atoms with E-state index >= 15 is 0 Å². The fraction of sp³-hybridized carbons (Fsp3) is 0.318. The normalized spacial score (nSPS) is 16.4. The van der Waals surface area contributed by atoms with Crippen LogP contribution in [0.2, 0.25) is 0 Å². The highest BCUT2D eigenvalue weighted by Crippen LogP contribution is 2.35. The van der Waals surface area contributed by atoms with Crippen molar-refractivity contribution in [3.8, 4) is 17.0 Å². The summed E-state index contributed by atoms with van der Waals surface area (Å²) in [5.74, 6) is 0.0555. The number of aromatic nitrogens is 3. The summed E-state index contributed by atoms with van der Waals surface area (Å²) in [6, 6.07) is 11.3. The van der Waals surface area contributed by atoms with E-state index in [1.165, 1.54) is 18.2 Å². The smallest absolute Gasteiger partial charge is 0.272 e. The second-order valence-corrected chi connectivity index (χ2v) is 7.90. The van der Waals surface area contributed by atoms with Gasteiger partial charge in [-0.1, -0.05) is 0 Å². The first kappa shape index (κ1) is 18.6. The summed E-state index contributed by atoms with van der Waals surface area (Å²) in [5, 5.41) is 6.90. The second-order valence-electron chi connectivity index (χ2n) is 7.90. The monoisotopic (exact) mass is 408 g/mol. The van der Waals surface area contributed by atoms with Crippen LogP contribution < -0.4 is 10.3 Å². The molecule has 5 rings (SSSR count). The standard InChI is InChI=1S/C22H21FN4O3/c1-13-8-17(9-21(28)27(13)16-6-7-16)30-18-11-26(12-18)22(29)20-10-19(24-25-20)14-2-4-15(23)5-3-14/h2-5,8-10,16,18H,6-7,11-12H2,1H3,(H,24,25). The first-order valence-corrected chi connectivity index (χ1v) is 9.98. The maximum Gasteiger partial charge on any atom is 0.272 e. The molecule has 154 valence electrons. The molecule has 2 aliphatic rings. The number of ether oxygens (including phenoxy) is 1. The van der Waals surface area contributed by atoms with Crippen molar-refractivity contribution in [2.24, 2.45) is 0 Å². The molecule has 1 aromatic carbocycles. The fourth-order valence-electron chi connectivity index (χ4n) is 3.79. The van der Waals surface area contributed by atoms with E-state index < -0.39 is 0 Å². The molecule has 30 heavy (non-hydrogen) atoms. The maximum absolute atomic E-state index is 13.1. The maximum atomic E-state index is 13.1. The first-order chi connectivity index (χ1) is 14.5. The molecule has 3 aromatic rings. The van der Waals surface area contributed by atoms with Crippen LogP contribution in [0.1, 0.15) is 35.1 Å². The highest BCUT2D eigenvalue weighted by molar-refractivity contribution is 5.94. The summed E-state index contributed by atoms with van der Waals surface area (Å²) >= 11 is 0. The molecular formula is C22H21FN4O3. The van der Waals surface area contributed by atoms with Crippen molar-refractivity contribution in [3.63, 3.8) is 0 Å². The molecule has 3 heterocycles. The minimum absolute atomic E-state index is 0.0365. The molecule has 0 atom stereocenters. The Bertz CT molecular complexity index is 1160. The number of nitrogens with zero attached hydrogens (tertiary/aromatic N) is 3. The molecule has 0 spiro atoms. The van der Waals surface area contributed by atoms with Crippen molar-refractivity contribution in [3.05, 3.63) is 70.0 Å². The summed E-state index contributed by atoms with van der Waals surface area (Å²) in [4.78, 5) is 26.6. The molecule has 1 amide bonds. The number of halogens is 1. The predicted molar refractivity (Wildman–Crippen MR) is 108 cm³/mol. The number of aromatic amines is 1. The summed E-state index contributed by atoms with van der Waals surface area (Å²) < 4.78 is 20.8. The van der Waals surface area contributed by atoms with Crippen molar-refractivity contribution >= 4 is 5.91 Å². The average molecular weight is 408 g/mol. The zero-order valence-corrected chi connectivity index (χ0v) is 16.5. The van der Waals surface area contributed by atoms with Gasteiger partial charge < -0.3 is 14.2 Å². The van der Waals surface area contributed by atoms with Crippen LogP contribution in [0, 0.1) is 12.7 Å². The number of hydrogen-bond acceptors (Lipinski definition) is 4. The highest BCUT2D eigenvalue weighted by atomic mass is 19.1. The number of benzene rings is 1. The lowest BCUT2D eigenvalue weighted by atomic mass is 10.1. The fourth-order valence-corrected chi connectivity index (χ4v) is 3.79. The molecule has 0 radical (unpaired) electrons. The Balaban J connectivity index is 1.20. The molecule has 1 N–H and O–H groups in total. The van der Waals surface area contributed by atoms with Gasteiger partial charge >= 0.3 is 0 Å². The third kappa shape index (κ3) is 3.49. The topological polar surface area (TPSA) is 80.2 Å². The third-order valence-corrected chi connectivity index (χ3v) is 5.53. The molecule has 7 nitrogen and oxygen atoms in total. The van der Waals surface area contributed by atoms with E-state index in [0.29, 0.717) is 36.3 Å². The number of carbonyl (C=O) groups is 1. The SMILES string of the molecule is Cc1cc(OC2CN(C(=O)c3cc(-c4ccc(F)cc4)n[nH]3)C2)cc(=O)n1C1CC1. The van der Waals surface area contributed by atoms with Gasteiger partial charge in [0.2, 0.25) is 0 Å². The van der Waals surface area contributed by atoms with E-state index in [-0.39, 0.29) is 23.4 Å². The van der Waals surface area contributed by atoms with Gasteiger partial charge in [0.1, 0.15) is 23.4 Å². The zero-order chi connectivity index (χ0) is 20.8. The van der Waals surface area contributed by atoms with Gasteiger partial charge in [0.25, 0.3) is 11.5 Å². The Kier molecular flexibility index (Phi) is 4.42. The molecule has 8 heteroatoms. The number of rotatable bonds is 5. The lowest BCUT2D eigenvalue weighted by Crippen LogP contribution is -2.56. The molecule has 2 fully saturated rings. The number of pyridine rings is 1. The Labute approximate surface area is 172 Å². The minimum Gasteiger partial charge on any atom is -0.486 e. The molecule has 0 unspecified atom stereocenters. The molecule has 1 aliphatic heterocycles. The molecular weight excluding hydrogens is 387 g/mol. The lowest BCUT2D eigenvalue weighted by molar-refractivity contribution is 0.0172. The van der Waals surface area contributed by atoms with Gasteiger partial charge in [-0.2, -0.15) is 5.10 Å². The number of aryl methyl sites for hydroxylation is 1. The number of hydrogen-bond donors (Lipinski definition) is 1. The van der Waals surface area contributed by atoms with Crippen LogP contribution in [-0.4, -0.2) is 44.8 Å². The van der Waals surface area contributed by atoms with E-state index in [2.05, 4.69) is 10.2 Å². The summed E-state index contributed by atoms with van der Waals surface area (Å²) in [5.41, 5.74) is 2.55. The van der Waals surface area contributed by atoms with Crippen molar-refractivity contribution in [1.82, 2.24) is 19.7 Å². The van der Waals surface area contributed by atoms with Crippen LogP contribution >= 0.6 is 0 Å². The van der Waals surface area contributed by atoms with Crippen LogP contribution in [0.4, 0.5) is 4.39 Å². The Hall–Kier alpha value is -3.42. The number of nitrogens with one attached hydrogen (secondary N) is 1. The van der Waals surface area contributed by atoms with E-state index in [9.17, 15) is 14.0 Å². The van der Waals surface area contributed by atoms with Crippen LogP contribution in [0.5, 0.6) is 5.75 Å². The summed E-state index contributed by atoms with van der Waals surface area (Å²) in [6.07, 6.45) is 1.96. The van der Waals surface area contributed by atoms with Crippen LogP contribution in [0.25, 0.3) is 11.3 Å². The minimum atomic E-state index is -0.322. The van der Waals surface area contributed by atoms with Gasteiger partial charge in [-0.25, -0.2) is 4.39 Å². The average Bonchev–Trinajstić information content (AvgIpc) is 3.38. The summed E-state index contributed by atoms with van der Waals surface area (Å²) in [7, 11) is 0. The van der Waals surface area contributed by atoms with Crippen molar-refractivity contribution in [2.45, 2.75) is 31.9 Å². The van der Waals surface area contributed by atoms with Gasteiger partial charge in [-0.3, -0.25) is 14.7 Å². The van der Waals surface area contributed by atoms with E-state index in [1.54, 1.807) is 23.1 Å². The van der Waals surface area contributed by atoms with Crippen LogP contribution in [0.3, 0.4) is 0 Å². The summed E-state index contributed by atoms with van der Waals surface area (Å²) in [6.45, 7) is 2.79.